The van der Waals surface area contributed by atoms with E-state index in [0.717, 1.165) is 17.0 Å². The highest BCUT2D eigenvalue weighted by Crippen LogP contribution is 2.19. The minimum absolute atomic E-state index is 0.0495. The van der Waals surface area contributed by atoms with Crippen LogP contribution in [0.4, 0.5) is 17.6 Å². The molecule has 28 heavy (non-hydrogen) atoms. The average Bonchev–Trinajstić information content (AvgIpc) is 2.71. The lowest BCUT2D eigenvalue weighted by atomic mass is 10.1. The molecule has 0 unspecified atom stereocenters. The largest absolute Gasteiger partial charge is 0.496 e. The fourth-order valence-corrected chi connectivity index (χ4v) is 2.57. The SMILES string of the molecule is COc1ccccc1CCC(=O)OCc1nc(N)nc(Nc2ccccc2)n1. The molecule has 0 aliphatic heterocycles. The lowest BCUT2D eigenvalue weighted by Crippen LogP contribution is -2.11. The molecule has 0 bridgehead atoms. The molecule has 2 aromatic carbocycles. The highest BCUT2D eigenvalue weighted by atomic mass is 16.5. The molecule has 1 aromatic heterocycles. The molecular weight excluding hydrogens is 358 g/mol. The third-order valence-electron chi connectivity index (χ3n) is 3.88. The van der Waals surface area contributed by atoms with E-state index in [1.54, 1.807) is 7.11 Å². The number of para-hydroxylation sites is 2. The molecule has 8 nitrogen and oxygen atoms in total. The van der Waals surface area contributed by atoms with Crippen molar-refractivity contribution in [2.24, 2.45) is 0 Å². The molecular formula is C20H21N5O3. The van der Waals surface area contributed by atoms with Gasteiger partial charge >= 0.3 is 5.97 Å². The summed E-state index contributed by atoms with van der Waals surface area (Å²) in [6.07, 6.45) is 0.735. The zero-order chi connectivity index (χ0) is 19.8. The van der Waals surface area contributed by atoms with E-state index in [9.17, 15) is 4.79 Å². The van der Waals surface area contributed by atoms with E-state index in [2.05, 4.69) is 20.3 Å². The van der Waals surface area contributed by atoms with Crippen molar-refractivity contribution in [1.29, 1.82) is 0 Å². The number of aromatic nitrogens is 3. The van der Waals surface area contributed by atoms with Crippen molar-refractivity contribution in [3.8, 4) is 5.75 Å². The van der Waals surface area contributed by atoms with Crippen LogP contribution in [0.5, 0.6) is 5.75 Å². The van der Waals surface area contributed by atoms with Crippen LogP contribution in [0, 0.1) is 0 Å². The van der Waals surface area contributed by atoms with Gasteiger partial charge in [-0.3, -0.25) is 4.79 Å². The molecule has 8 heteroatoms. The molecule has 0 spiro atoms. The maximum absolute atomic E-state index is 12.1. The van der Waals surface area contributed by atoms with Crippen LogP contribution in [0.15, 0.2) is 54.6 Å². The second kappa shape index (κ2) is 9.31. The van der Waals surface area contributed by atoms with Crippen molar-refractivity contribution in [3.05, 3.63) is 66.0 Å². The average molecular weight is 379 g/mol. The molecule has 0 amide bonds. The Morgan fingerprint density at radius 3 is 2.57 bits per heavy atom. The number of hydrogen-bond donors (Lipinski definition) is 2. The molecule has 144 valence electrons. The van der Waals surface area contributed by atoms with Crippen LogP contribution in [-0.4, -0.2) is 28.0 Å². The smallest absolute Gasteiger partial charge is 0.306 e. The number of anilines is 3. The third kappa shape index (κ3) is 5.41. The number of carbonyl (C=O) groups is 1. The van der Waals surface area contributed by atoms with Gasteiger partial charge in [0, 0.05) is 12.1 Å². The Morgan fingerprint density at radius 1 is 1.04 bits per heavy atom. The number of nitrogen functional groups attached to an aromatic ring is 1. The number of aryl methyl sites for hydroxylation is 1. The summed E-state index contributed by atoms with van der Waals surface area (Å²) in [6.45, 7) is -0.0824. The monoisotopic (exact) mass is 379 g/mol. The summed E-state index contributed by atoms with van der Waals surface area (Å²) in [4.78, 5) is 24.4. The molecule has 0 fully saturated rings. The van der Waals surface area contributed by atoms with Crippen molar-refractivity contribution in [3.63, 3.8) is 0 Å². The Bertz CT molecular complexity index is 934. The first-order chi connectivity index (χ1) is 13.6. The standard InChI is InChI=1S/C20H21N5O3/c1-27-16-10-6-5-7-14(16)11-12-18(26)28-13-17-23-19(21)25-20(24-17)22-15-8-3-2-4-9-15/h2-10H,11-13H2,1H3,(H3,21,22,23,24,25). The van der Waals surface area contributed by atoms with E-state index in [1.165, 1.54) is 0 Å². The van der Waals surface area contributed by atoms with Crippen molar-refractivity contribution >= 4 is 23.6 Å². The lowest BCUT2D eigenvalue weighted by molar-refractivity contribution is -0.145. The van der Waals surface area contributed by atoms with Crippen LogP contribution >= 0.6 is 0 Å². The second-order valence-corrected chi connectivity index (χ2v) is 5.90. The third-order valence-corrected chi connectivity index (χ3v) is 3.88. The maximum Gasteiger partial charge on any atom is 0.306 e. The van der Waals surface area contributed by atoms with Gasteiger partial charge in [0.2, 0.25) is 11.9 Å². The number of ether oxygens (including phenoxy) is 2. The summed E-state index contributed by atoms with van der Waals surface area (Å²) >= 11 is 0. The highest BCUT2D eigenvalue weighted by molar-refractivity contribution is 5.69. The van der Waals surface area contributed by atoms with E-state index >= 15 is 0 Å². The summed E-state index contributed by atoms with van der Waals surface area (Å²) < 4.78 is 10.5. The normalized spacial score (nSPS) is 10.3. The molecule has 3 rings (SSSR count). The minimum Gasteiger partial charge on any atom is -0.496 e. The first-order valence-corrected chi connectivity index (χ1v) is 8.74. The van der Waals surface area contributed by atoms with Crippen LogP contribution < -0.4 is 15.8 Å². The van der Waals surface area contributed by atoms with E-state index in [1.807, 2.05) is 54.6 Å². The van der Waals surface area contributed by atoms with Crippen LogP contribution in [0.2, 0.25) is 0 Å². The maximum atomic E-state index is 12.1. The van der Waals surface area contributed by atoms with E-state index < -0.39 is 0 Å². The highest BCUT2D eigenvalue weighted by Gasteiger charge is 2.10. The van der Waals surface area contributed by atoms with Gasteiger partial charge in [-0.25, -0.2) is 0 Å². The molecule has 3 aromatic rings. The predicted molar refractivity (Wildman–Crippen MR) is 105 cm³/mol. The van der Waals surface area contributed by atoms with Gasteiger partial charge in [-0.2, -0.15) is 15.0 Å². The van der Waals surface area contributed by atoms with Gasteiger partial charge in [0.05, 0.1) is 7.11 Å². The fraction of sp³-hybridized carbons (Fsp3) is 0.200. The second-order valence-electron chi connectivity index (χ2n) is 5.90. The quantitative estimate of drug-likeness (QED) is 0.575. The van der Waals surface area contributed by atoms with Crippen molar-refractivity contribution < 1.29 is 14.3 Å². The Morgan fingerprint density at radius 2 is 1.79 bits per heavy atom. The summed E-state index contributed by atoms with van der Waals surface area (Å²) in [5, 5.41) is 3.04. The Labute approximate surface area is 162 Å². The Hall–Kier alpha value is -3.68. The predicted octanol–water partition coefficient (Wildman–Crippen LogP) is 2.88. The summed E-state index contributed by atoms with van der Waals surface area (Å²) in [7, 11) is 1.60. The van der Waals surface area contributed by atoms with Crippen molar-refractivity contribution in [1.82, 2.24) is 15.0 Å². The first-order valence-electron chi connectivity index (χ1n) is 8.74. The summed E-state index contributed by atoms with van der Waals surface area (Å²) in [5.74, 6) is 1.00. The van der Waals surface area contributed by atoms with Crippen LogP contribution in [0.25, 0.3) is 0 Å². The Kier molecular flexibility index (Phi) is 6.35. The number of benzene rings is 2. The van der Waals surface area contributed by atoms with Gasteiger partial charge in [0.15, 0.2) is 12.4 Å². The van der Waals surface area contributed by atoms with Gasteiger partial charge in [0.1, 0.15) is 5.75 Å². The zero-order valence-electron chi connectivity index (χ0n) is 15.5. The van der Waals surface area contributed by atoms with Crippen molar-refractivity contribution in [2.45, 2.75) is 19.4 Å². The number of rotatable bonds is 8. The van der Waals surface area contributed by atoms with E-state index in [0.29, 0.717) is 12.4 Å². The van der Waals surface area contributed by atoms with E-state index in [-0.39, 0.29) is 30.8 Å². The molecule has 0 saturated heterocycles. The number of esters is 1. The van der Waals surface area contributed by atoms with Gasteiger partial charge < -0.3 is 20.5 Å². The van der Waals surface area contributed by atoms with Gasteiger partial charge in [-0.05, 0) is 30.2 Å². The van der Waals surface area contributed by atoms with Gasteiger partial charge in [-0.1, -0.05) is 36.4 Å². The number of hydrogen-bond acceptors (Lipinski definition) is 8. The molecule has 0 radical (unpaired) electrons. The summed E-state index contributed by atoms with van der Waals surface area (Å²) in [6, 6.07) is 17.0. The van der Waals surface area contributed by atoms with Gasteiger partial charge in [0.25, 0.3) is 0 Å². The Balaban J connectivity index is 1.55. The minimum atomic E-state index is -0.359. The fourth-order valence-electron chi connectivity index (χ4n) is 2.57. The number of methoxy groups -OCH3 is 1. The summed E-state index contributed by atoms with van der Waals surface area (Å²) in [5.41, 5.74) is 7.49. The lowest BCUT2D eigenvalue weighted by Gasteiger charge is -2.09. The number of nitrogens with zero attached hydrogens (tertiary/aromatic N) is 3. The van der Waals surface area contributed by atoms with Crippen LogP contribution in [0.1, 0.15) is 17.8 Å². The van der Waals surface area contributed by atoms with E-state index in [4.69, 9.17) is 15.2 Å². The molecule has 3 N–H and O–H groups in total. The van der Waals surface area contributed by atoms with Gasteiger partial charge in [-0.15, -0.1) is 0 Å². The van der Waals surface area contributed by atoms with Crippen molar-refractivity contribution in [2.75, 3.05) is 18.2 Å². The molecule has 0 saturated carbocycles. The topological polar surface area (TPSA) is 112 Å². The number of nitrogens with two attached hydrogens (primary N) is 1. The molecule has 0 atom stereocenters. The molecule has 0 aliphatic carbocycles. The zero-order valence-corrected chi connectivity index (χ0v) is 15.5. The molecule has 1 heterocycles. The number of carbonyl (C=O) groups excluding carboxylic acids is 1. The number of nitrogens with one attached hydrogen (secondary N) is 1. The van der Waals surface area contributed by atoms with Crippen LogP contribution in [0.3, 0.4) is 0 Å². The molecule has 0 aliphatic rings. The van der Waals surface area contributed by atoms with Crippen LogP contribution in [-0.2, 0) is 22.6 Å². The first kappa shape index (κ1) is 19.1.